The van der Waals surface area contributed by atoms with Crippen molar-refractivity contribution in [2.24, 2.45) is 22.1 Å². The van der Waals surface area contributed by atoms with Crippen molar-refractivity contribution in [3.63, 3.8) is 0 Å². The molecule has 0 saturated carbocycles. The molecule has 0 rings (SSSR count). The fraction of sp³-hybridized carbons (Fsp3) is 0.875. The van der Waals surface area contributed by atoms with Gasteiger partial charge in [0, 0.05) is 0 Å². The van der Waals surface area contributed by atoms with Gasteiger partial charge in [-0.25, -0.2) is 0 Å². The van der Waals surface area contributed by atoms with Gasteiger partial charge in [-0.1, -0.05) is 27.7 Å². The van der Waals surface area contributed by atoms with Crippen LogP contribution in [0.4, 0.5) is 0 Å². The highest BCUT2D eigenvalue weighted by molar-refractivity contribution is 5.84. The molecule has 0 saturated heterocycles. The van der Waals surface area contributed by atoms with E-state index >= 15 is 0 Å². The van der Waals surface area contributed by atoms with Gasteiger partial charge in [-0.05, 0) is 38.5 Å². The molecule has 0 aromatic carbocycles. The fourth-order valence-corrected chi connectivity index (χ4v) is 2.61. The molecule has 0 bridgehead atoms. The van der Waals surface area contributed by atoms with Crippen molar-refractivity contribution in [2.45, 2.75) is 65.5 Å². The first-order valence-corrected chi connectivity index (χ1v) is 7.70. The van der Waals surface area contributed by atoms with Crippen molar-refractivity contribution in [1.82, 2.24) is 0 Å². The standard InChI is InChI=1S/C16H32N4O2/c1-11(2)9-15(5,13(17)21-7)19-20-16(6,10-12(3)4)14(18)22-8/h11-12,17-18H,9-10H2,1-8H3. The lowest BCUT2D eigenvalue weighted by Gasteiger charge is -2.29. The van der Waals surface area contributed by atoms with Gasteiger partial charge in [0.2, 0.25) is 11.8 Å². The van der Waals surface area contributed by atoms with Crippen molar-refractivity contribution < 1.29 is 9.47 Å². The van der Waals surface area contributed by atoms with Gasteiger partial charge in [0.1, 0.15) is 0 Å². The Balaban J connectivity index is 5.57. The van der Waals surface area contributed by atoms with Crippen LogP contribution in [-0.4, -0.2) is 37.1 Å². The number of azo groups is 1. The van der Waals surface area contributed by atoms with E-state index in [1.54, 1.807) is 0 Å². The van der Waals surface area contributed by atoms with E-state index in [1.807, 2.05) is 13.8 Å². The zero-order valence-electron chi connectivity index (χ0n) is 15.3. The third kappa shape index (κ3) is 5.73. The van der Waals surface area contributed by atoms with Crippen LogP contribution in [0.3, 0.4) is 0 Å². The molecule has 2 unspecified atom stereocenters. The molecule has 0 heterocycles. The largest absolute Gasteiger partial charge is 0.483 e. The first kappa shape index (κ1) is 20.5. The molecule has 6 heteroatoms. The Bertz CT molecular complexity index is 382. The molecule has 0 aromatic heterocycles. The third-order valence-corrected chi connectivity index (χ3v) is 3.49. The van der Waals surface area contributed by atoms with Gasteiger partial charge in [-0.15, -0.1) is 0 Å². The molecule has 2 N–H and O–H groups in total. The quantitative estimate of drug-likeness (QED) is 0.397. The lowest BCUT2D eigenvalue weighted by molar-refractivity contribution is 0.295. The average Bonchev–Trinajstić information content (AvgIpc) is 2.41. The minimum Gasteiger partial charge on any atom is -0.483 e. The Morgan fingerprint density at radius 2 is 1.09 bits per heavy atom. The summed E-state index contributed by atoms with van der Waals surface area (Å²) >= 11 is 0. The molecule has 0 aliphatic heterocycles. The van der Waals surface area contributed by atoms with Gasteiger partial charge in [0.05, 0.1) is 14.2 Å². The normalized spacial score (nSPS) is 17.4. The minimum atomic E-state index is -0.824. The highest BCUT2D eigenvalue weighted by Gasteiger charge is 2.36. The first-order valence-electron chi connectivity index (χ1n) is 7.70. The number of hydrogen-bond donors (Lipinski definition) is 2. The van der Waals surface area contributed by atoms with E-state index < -0.39 is 11.1 Å². The second-order valence-corrected chi connectivity index (χ2v) is 7.01. The highest BCUT2D eigenvalue weighted by atomic mass is 16.5. The molecule has 0 radical (unpaired) electrons. The number of rotatable bonds is 8. The molecular weight excluding hydrogens is 280 g/mol. The van der Waals surface area contributed by atoms with Crippen LogP contribution >= 0.6 is 0 Å². The molecule has 128 valence electrons. The van der Waals surface area contributed by atoms with Gasteiger partial charge < -0.3 is 9.47 Å². The van der Waals surface area contributed by atoms with E-state index in [1.165, 1.54) is 14.2 Å². The number of methoxy groups -OCH3 is 2. The van der Waals surface area contributed by atoms with E-state index in [-0.39, 0.29) is 11.8 Å². The SMILES string of the molecule is COC(=N)C(C)(CC(C)C)N=NC(C)(CC(C)C)C(=N)OC. The van der Waals surface area contributed by atoms with E-state index in [2.05, 4.69) is 37.9 Å². The Kier molecular flexibility index (Phi) is 7.70. The van der Waals surface area contributed by atoms with E-state index in [0.29, 0.717) is 24.7 Å². The van der Waals surface area contributed by atoms with Crippen LogP contribution in [0, 0.1) is 22.7 Å². The smallest absolute Gasteiger partial charge is 0.210 e. The number of hydrogen-bond acceptors (Lipinski definition) is 6. The van der Waals surface area contributed by atoms with Crippen LogP contribution < -0.4 is 0 Å². The summed E-state index contributed by atoms with van der Waals surface area (Å²) in [6.07, 6.45) is 1.31. The van der Waals surface area contributed by atoms with Crippen molar-refractivity contribution in [1.29, 1.82) is 10.8 Å². The fourth-order valence-electron chi connectivity index (χ4n) is 2.61. The minimum absolute atomic E-state index is 0.0841. The van der Waals surface area contributed by atoms with Gasteiger partial charge in [-0.2, -0.15) is 10.2 Å². The molecular formula is C16H32N4O2. The average molecular weight is 312 g/mol. The monoisotopic (exact) mass is 312 g/mol. The van der Waals surface area contributed by atoms with Crippen LogP contribution in [0.1, 0.15) is 54.4 Å². The predicted molar refractivity (Wildman–Crippen MR) is 90.0 cm³/mol. The van der Waals surface area contributed by atoms with Crippen LogP contribution in [-0.2, 0) is 9.47 Å². The number of nitrogens with one attached hydrogen (secondary N) is 2. The van der Waals surface area contributed by atoms with Gasteiger partial charge >= 0.3 is 0 Å². The Labute approximate surface area is 134 Å². The van der Waals surface area contributed by atoms with Gasteiger partial charge in [-0.3, -0.25) is 10.8 Å². The second kappa shape index (κ2) is 8.25. The molecule has 0 aromatic rings. The Morgan fingerprint density at radius 1 is 0.818 bits per heavy atom. The molecule has 2 atom stereocenters. The first-order chi connectivity index (χ1) is 10.0. The van der Waals surface area contributed by atoms with Gasteiger partial charge in [0.25, 0.3) is 0 Å². The molecule has 0 amide bonds. The highest BCUT2D eigenvalue weighted by Crippen LogP contribution is 2.28. The lowest BCUT2D eigenvalue weighted by Crippen LogP contribution is -2.39. The number of ether oxygens (including phenoxy) is 2. The number of nitrogens with zero attached hydrogens (tertiary/aromatic N) is 2. The van der Waals surface area contributed by atoms with E-state index in [0.717, 1.165) is 0 Å². The van der Waals surface area contributed by atoms with Crippen molar-refractivity contribution in [3.8, 4) is 0 Å². The summed E-state index contributed by atoms with van der Waals surface area (Å²) in [6, 6.07) is 0. The topological polar surface area (TPSA) is 90.9 Å². The van der Waals surface area contributed by atoms with Crippen LogP contribution in [0.5, 0.6) is 0 Å². The maximum Gasteiger partial charge on any atom is 0.210 e. The lowest BCUT2D eigenvalue weighted by atomic mass is 9.90. The Morgan fingerprint density at radius 3 is 1.27 bits per heavy atom. The molecule has 6 nitrogen and oxygen atoms in total. The molecule has 22 heavy (non-hydrogen) atoms. The maximum atomic E-state index is 8.03. The van der Waals surface area contributed by atoms with Crippen LogP contribution in [0.25, 0.3) is 0 Å². The molecule has 0 aliphatic rings. The maximum absolute atomic E-state index is 8.03. The summed E-state index contributed by atoms with van der Waals surface area (Å²) in [5.74, 6) is 0.858. The van der Waals surface area contributed by atoms with Crippen LogP contribution in [0.2, 0.25) is 0 Å². The zero-order chi connectivity index (χ0) is 17.6. The van der Waals surface area contributed by atoms with E-state index in [9.17, 15) is 0 Å². The Hall–Kier alpha value is -1.46. The van der Waals surface area contributed by atoms with E-state index in [4.69, 9.17) is 20.3 Å². The molecule has 0 aliphatic carbocycles. The van der Waals surface area contributed by atoms with Crippen molar-refractivity contribution in [2.75, 3.05) is 14.2 Å². The predicted octanol–water partition coefficient (Wildman–Crippen LogP) is 4.30. The summed E-state index contributed by atoms with van der Waals surface area (Å²) in [5.41, 5.74) is -1.65. The third-order valence-electron chi connectivity index (χ3n) is 3.49. The van der Waals surface area contributed by atoms with Crippen LogP contribution in [0.15, 0.2) is 10.2 Å². The summed E-state index contributed by atoms with van der Waals surface area (Å²) in [5, 5.41) is 24.9. The van der Waals surface area contributed by atoms with Crippen molar-refractivity contribution >= 4 is 11.8 Å². The molecule has 0 spiro atoms. The summed E-state index contributed by atoms with van der Waals surface area (Å²) in [6.45, 7) is 12.0. The zero-order valence-corrected chi connectivity index (χ0v) is 15.3. The summed E-state index contributed by atoms with van der Waals surface area (Å²) in [7, 11) is 2.95. The van der Waals surface area contributed by atoms with Crippen molar-refractivity contribution in [3.05, 3.63) is 0 Å². The second-order valence-electron chi connectivity index (χ2n) is 7.01. The summed E-state index contributed by atoms with van der Waals surface area (Å²) in [4.78, 5) is 0. The van der Waals surface area contributed by atoms with Gasteiger partial charge in [0.15, 0.2) is 11.1 Å². The summed E-state index contributed by atoms with van der Waals surface area (Å²) < 4.78 is 10.2. The molecule has 0 fully saturated rings.